The van der Waals surface area contributed by atoms with Crippen molar-refractivity contribution in [2.45, 2.75) is 0 Å². The third kappa shape index (κ3) is 3.42. The summed E-state index contributed by atoms with van der Waals surface area (Å²) in [6, 6.07) is 21.6. The first kappa shape index (κ1) is 18.4. The summed E-state index contributed by atoms with van der Waals surface area (Å²) in [7, 11) is 0. The summed E-state index contributed by atoms with van der Waals surface area (Å²) < 4.78 is 0. The van der Waals surface area contributed by atoms with Crippen LogP contribution in [0.2, 0.25) is 10.0 Å². The van der Waals surface area contributed by atoms with Crippen LogP contribution in [0, 0.1) is 0 Å². The van der Waals surface area contributed by atoms with Gasteiger partial charge in [-0.1, -0.05) is 59.6 Å². The van der Waals surface area contributed by atoms with Crippen LogP contribution in [0.5, 0.6) is 0 Å². The van der Waals surface area contributed by atoms with E-state index in [1.165, 1.54) is 0 Å². The fraction of sp³-hybridized carbons (Fsp3) is 0. The Morgan fingerprint density at radius 1 is 0.607 bits per heavy atom. The number of pyridine rings is 2. The molecule has 0 radical (unpaired) electrons. The first-order valence-corrected chi connectivity index (χ1v) is 9.37. The molecule has 4 rings (SSSR count). The van der Waals surface area contributed by atoms with Crippen molar-refractivity contribution in [1.29, 1.82) is 0 Å². The van der Waals surface area contributed by atoms with Gasteiger partial charge >= 0.3 is 0 Å². The van der Waals surface area contributed by atoms with Gasteiger partial charge in [0.25, 0.3) is 0 Å². The van der Waals surface area contributed by atoms with Gasteiger partial charge in [-0.25, -0.2) is 0 Å². The molecule has 2 aromatic heterocycles. The van der Waals surface area contributed by atoms with E-state index in [1.807, 2.05) is 36.4 Å². The van der Waals surface area contributed by atoms with E-state index in [1.54, 1.807) is 48.8 Å². The highest BCUT2D eigenvalue weighted by Crippen LogP contribution is 2.33. The molecule has 0 atom stereocenters. The Morgan fingerprint density at radius 3 is 1.46 bits per heavy atom. The minimum Gasteiger partial charge on any atom is -0.288 e. The summed E-state index contributed by atoms with van der Waals surface area (Å²) in [5.41, 5.74) is 3.39. The summed E-state index contributed by atoms with van der Waals surface area (Å²) in [4.78, 5) is 22.3. The Bertz CT molecular complexity index is 1080. The van der Waals surface area contributed by atoms with Crippen molar-refractivity contribution >= 4 is 29.0 Å². The van der Waals surface area contributed by atoms with Crippen LogP contribution in [-0.4, -0.2) is 15.8 Å². The van der Waals surface area contributed by atoms with E-state index in [0.29, 0.717) is 43.7 Å². The lowest BCUT2D eigenvalue weighted by Gasteiger charge is -2.12. The molecule has 3 nitrogen and oxygen atoms in total. The highest BCUT2D eigenvalue weighted by atomic mass is 35.5. The molecule has 0 aliphatic heterocycles. The van der Waals surface area contributed by atoms with Crippen LogP contribution in [-0.2, 0) is 0 Å². The Hall–Kier alpha value is -3.01. The molecule has 0 aliphatic carbocycles. The predicted octanol–water partition coefficient (Wildman–Crippen LogP) is 6.35. The lowest BCUT2D eigenvalue weighted by Crippen LogP contribution is -2.08. The quantitative estimate of drug-likeness (QED) is 0.372. The van der Waals surface area contributed by atoms with Gasteiger partial charge in [0.05, 0.1) is 11.4 Å². The van der Waals surface area contributed by atoms with Crippen molar-refractivity contribution < 1.29 is 4.79 Å². The lowest BCUT2D eigenvalue weighted by atomic mass is 9.95. The van der Waals surface area contributed by atoms with Crippen molar-refractivity contribution in [1.82, 2.24) is 9.97 Å². The highest BCUT2D eigenvalue weighted by Gasteiger charge is 2.21. The molecular weight excluding hydrogens is 391 g/mol. The summed E-state index contributed by atoms with van der Waals surface area (Å²) in [6.45, 7) is 0. The standard InChI is InChI=1S/C23H14Cl2N2O/c24-19-11-3-1-7-15(19)21-17(9-5-13-26-21)23(28)18-10-6-14-27-22(18)16-8-2-4-12-20(16)25/h1-14H. The van der Waals surface area contributed by atoms with Gasteiger partial charge in [0.2, 0.25) is 0 Å². The van der Waals surface area contributed by atoms with E-state index < -0.39 is 0 Å². The number of hydrogen-bond acceptors (Lipinski definition) is 3. The molecule has 0 N–H and O–H groups in total. The van der Waals surface area contributed by atoms with Crippen molar-refractivity contribution in [3.8, 4) is 22.5 Å². The predicted molar refractivity (Wildman–Crippen MR) is 113 cm³/mol. The second-order valence-electron chi connectivity index (χ2n) is 6.09. The smallest absolute Gasteiger partial charge is 0.197 e. The van der Waals surface area contributed by atoms with E-state index in [0.717, 1.165) is 0 Å². The molecule has 5 heteroatoms. The minimum absolute atomic E-state index is 0.189. The molecule has 0 fully saturated rings. The van der Waals surface area contributed by atoms with E-state index in [-0.39, 0.29) is 5.78 Å². The van der Waals surface area contributed by atoms with Crippen molar-refractivity contribution in [3.05, 3.63) is 106 Å². The van der Waals surface area contributed by atoms with Gasteiger partial charge < -0.3 is 0 Å². The molecule has 0 aliphatic rings. The maximum atomic E-state index is 13.5. The third-order valence-corrected chi connectivity index (χ3v) is 5.02. The van der Waals surface area contributed by atoms with Gasteiger partial charge in [0.1, 0.15) is 0 Å². The van der Waals surface area contributed by atoms with Crippen molar-refractivity contribution in [2.24, 2.45) is 0 Å². The molecule has 0 amide bonds. The SMILES string of the molecule is O=C(c1cccnc1-c1ccccc1Cl)c1cccnc1-c1ccccc1Cl. The first-order valence-electron chi connectivity index (χ1n) is 8.61. The molecule has 136 valence electrons. The fourth-order valence-corrected chi connectivity index (χ4v) is 3.51. The van der Waals surface area contributed by atoms with E-state index in [9.17, 15) is 4.79 Å². The molecular formula is C23H14Cl2N2O. The van der Waals surface area contributed by atoms with Crippen LogP contribution >= 0.6 is 23.2 Å². The summed E-state index contributed by atoms with van der Waals surface area (Å²) in [6.07, 6.45) is 3.29. The van der Waals surface area contributed by atoms with Crippen LogP contribution in [0.1, 0.15) is 15.9 Å². The number of nitrogens with zero attached hydrogens (tertiary/aromatic N) is 2. The number of carbonyl (C=O) groups excluding carboxylic acids is 1. The number of aromatic nitrogens is 2. The molecule has 0 saturated heterocycles. The maximum absolute atomic E-state index is 13.5. The fourth-order valence-electron chi connectivity index (χ4n) is 3.06. The first-order chi connectivity index (χ1) is 13.7. The van der Waals surface area contributed by atoms with E-state index in [4.69, 9.17) is 23.2 Å². The number of ketones is 1. The summed E-state index contributed by atoms with van der Waals surface area (Å²) in [5.74, 6) is -0.189. The van der Waals surface area contributed by atoms with Gasteiger partial charge in [-0.3, -0.25) is 14.8 Å². The molecule has 2 heterocycles. The Labute approximate surface area is 172 Å². The average Bonchev–Trinajstić information content (AvgIpc) is 2.74. The maximum Gasteiger partial charge on any atom is 0.197 e. The average molecular weight is 405 g/mol. The second-order valence-corrected chi connectivity index (χ2v) is 6.90. The van der Waals surface area contributed by atoms with Gasteiger partial charge in [0, 0.05) is 44.7 Å². The summed E-state index contributed by atoms with van der Waals surface area (Å²) in [5, 5.41) is 1.07. The van der Waals surface area contributed by atoms with Gasteiger partial charge in [-0.2, -0.15) is 0 Å². The van der Waals surface area contributed by atoms with Crippen molar-refractivity contribution in [3.63, 3.8) is 0 Å². The molecule has 0 bridgehead atoms. The van der Waals surface area contributed by atoms with Gasteiger partial charge in [0.15, 0.2) is 5.78 Å². The number of benzene rings is 2. The lowest BCUT2D eigenvalue weighted by molar-refractivity contribution is 0.103. The third-order valence-electron chi connectivity index (χ3n) is 4.36. The van der Waals surface area contributed by atoms with Gasteiger partial charge in [-0.15, -0.1) is 0 Å². The van der Waals surface area contributed by atoms with Crippen LogP contribution in [0.25, 0.3) is 22.5 Å². The number of halogens is 2. The monoisotopic (exact) mass is 404 g/mol. The normalized spacial score (nSPS) is 10.6. The van der Waals surface area contributed by atoms with Crippen LogP contribution in [0.4, 0.5) is 0 Å². The minimum atomic E-state index is -0.189. The van der Waals surface area contributed by atoms with Crippen LogP contribution in [0.15, 0.2) is 85.2 Å². The van der Waals surface area contributed by atoms with Crippen LogP contribution in [0.3, 0.4) is 0 Å². The van der Waals surface area contributed by atoms with Crippen molar-refractivity contribution in [2.75, 3.05) is 0 Å². The van der Waals surface area contributed by atoms with Gasteiger partial charge in [-0.05, 0) is 36.4 Å². The topological polar surface area (TPSA) is 42.9 Å². The zero-order valence-electron chi connectivity index (χ0n) is 14.6. The second kappa shape index (κ2) is 7.93. The molecule has 28 heavy (non-hydrogen) atoms. The molecule has 2 aromatic carbocycles. The number of carbonyl (C=O) groups is 1. The Balaban J connectivity index is 1.88. The van der Waals surface area contributed by atoms with E-state index in [2.05, 4.69) is 9.97 Å². The summed E-state index contributed by atoms with van der Waals surface area (Å²) >= 11 is 12.7. The Kier molecular flexibility index (Phi) is 5.20. The molecule has 0 saturated carbocycles. The Morgan fingerprint density at radius 2 is 1.04 bits per heavy atom. The molecule has 0 unspecified atom stereocenters. The zero-order chi connectivity index (χ0) is 19.5. The zero-order valence-corrected chi connectivity index (χ0v) is 16.2. The number of hydrogen-bond donors (Lipinski definition) is 0. The molecule has 0 spiro atoms. The number of rotatable bonds is 4. The molecule has 4 aromatic rings. The highest BCUT2D eigenvalue weighted by molar-refractivity contribution is 6.34. The largest absolute Gasteiger partial charge is 0.288 e. The van der Waals surface area contributed by atoms with Crippen LogP contribution < -0.4 is 0 Å². The van der Waals surface area contributed by atoms with E-state index >= 15 is 0 Å².